The number of aryl methyl sites for hydroxylation is 2. The van der Waals surface area contributed by atoms with Crippen LogP contribution in [-0.4, -0.2) is 36.7 Å². The van der Waals surface area contributed by atoms with Gasteiger partial charge in [-0.3, -0.25) is 14.5 Å². The van der Waals surface area contributed by atoms with Crippen molar-refractivity contribution in [2.75, 3.05) is 0 Å². The van der Waals surface area contributed by atoms with E-state index in [9.17, 15) is 9.90 Å². The van der Waals surface area contributed by atoms with Crippen LogP contribution in [0.1, 0.15) is 66.3 Å². The molecule has 3 aromatic heterocycles. The van der Waals surface area contributed by atoms with Crippen LogP contribution < -0.4 is 0 Å². The molecule has 3 aromatic rings. The molecule has 178 valence electrons. The number of carbonyl (C=O) groups is 1. The van der Waals surface area contributed by atoms with E-state index in [1.54, 1.807) is 6.07 Å². The van der Waals surface area contributed by atoms with Crippen LogP contribution in [0.4, 0.5) is 0 Å². The standard InChI is InChI=1S/C27H31ClN4O2/c1-3-32-17-22(16-30-32)23-12-11-19(15-29-23)13-21-14-24(31-18(2)27(21)28)26(34)10-6-8-20-7-4-5-9-25(20)33/h6,8,11-12,14-17,20,25,33H,3-5,7,9-10,13H2,1-2H3/b8-6+/t20-,25+/m1/s1. The SMILES string of the molecule is CCn1cc(-c2ccc(Cc3cc(C(=O)C/C=C/[C@H]4CCCC[C@@H]4O)nc(C)c3Cl)cn2)cn1. The number of halogens is 1. The first-order valence-corrected chi connectivity index (χ1v) is 12.3. The third kappa shape index (κ3) is 5.80. The van der Waals surface area contributed by atoms with E-state index in [1.165, 1.54) is 0 Å². The third-order valence-corrected chi connectivity index (χ3v) is 6.94. The Hall–Kier alpha value is -2.83. The molecule has 0 aromatic carbocycles. The molecule has 0 aliphatic heterocycles. The molecule has 1 fully saturated rings. The molecule has 3 heterocycles. The zero-order valence-corrected chi connectivity index (χ0v) is 20.5. The summed E-state index contributed by atoms with van der Waals surface area (Å²) in [6.45, 7) is 4.69. The van der Waals surface area contributed by atoms with Gasteiger partial charge in [-0.15, -0.1) is 0 Å². The summed E-state index contributed by atoms with van der Waals surface area (Å²) >= 11 is 6.54. The predicted molar refractivity (Wildman–Crippen MR) is 134 cm³/mol. The van der Waals surface area contributed by atoms with Crippen LogP contribution >= 0.6 is 11.6 Å². The lowest BCUT2D eigenvalue weighted by molar-refractivity contribution is 0.0920. The van der Waals surface area contributed by atoms with Gasteiger partial charge < -0.3 is 5.11 Å². The minimum absolute atomic E-state index is 0.0519. The minimum atomic E-state index is -0.301. The maximum Gasteiger partial charge on any atom is 0.184 e. The Balaban J connectivity index is 1.45. The average Bonchev–Trinajstić information content (AvgIpc) is 3.33. The van der Waals surface area contributed by atoms with Crippen molar-refractivity contribution in [3.8, 4) is 11.3 Å². The van der Waals surface area contributed by atoms with Crippen LogP contribution in [0.3, 0.4) is 0 Å². The van der Waals surface area contributed by atoms with Gasteiger partial charge in [-0.05, 0) is 49.9 Å². The highest BCUT2D eigenvalue weighted by molar-refractivity contribution is 6.32. The maximum absolute atomic E-state index is 12.8. The van der Waals surface area contributed by atoms with E-state index in [0.717, 1.165) is 54.6 Å². The highest BCUT2D eigenvalue weighted by Crippen LogP contribution is 2.27. The van der Waals surface area contributed by atoms with Gasteiger partial charge >= 0.3 is 0 Å². The van der Waals surface area contributed by atoms with Crippen LogP contribution in [0.15, 0.2) is 48.9 Å². The van der Waals surface area contributed by atoms with Crippen molar-refractivity contribution in [2.24, 2.45) is 5.92 Å². The molecule has 0 saturated heterocycles. The van der Waals surface area contributed by atoms with Gasteiger partial charge in [-0.2, -0.15) is 5.10 Å². The number of aliphatic hydroxyl groups is 1. The number of aliphatic hydroxyl groups excluding tert-OH is 1. The molecular formula is C27H31ClN4O2. The van der Waals surface area contributed by atoms with Crippen molar-refractivity contribution in [3.63, 3.8) is 0 Å². The molecule has 2 atom stereocenters. The average molecular weight is 479 g/mol. The summed E-state index contributed by atoms with van der Waals surface area (Å²) in [6.07, 6.45) is 14.0. The Morgan fingerprint density at radius 3 is 2.79 bits per heavy atom. The summed E-state index contributed by atoms with van der Waals surface area (Å²) < 4.78 is 1.87. The van der Waals surface area contributed by atoms with Gasteiger partial charge in [0.2, 0.25) is 0 Å². The van der Waals surface area contributed by atoms with Crippen molar-refractivity contribution in [3.05, 3.63) is 76.5 Å². The van der Waals surface area contributed by atoms with Gasteiger partial charge in [0.15, 0.2) is 5.78 Å². The second-order valence-corrected chi connectivity index (χ2v) is 9.33. The minimum Gasteiger partial charge on any atom is -0.393 e. The van der Waals surface area contributed by atoms with Crippen LogP contribution in [0.25, 0.3) is 11.3 Å². The second kappa shape index (κ2) is 11.1. The van der Waals surface area contributed by atoms with Crippen molar-refractivity contribution in [1.29, 1.82) is 0 Å². The Labute approximate surface area is 205 Å². The number of rotatable bonds is 8. The van der Waals surface area contributed by atoms with Crippen LogP contribution in [-0.2, 0) is 13.0 Å². The van der Waals surface area contributed by atoms with Crippen molar-refractivity contribution >= 4 is 17.4 Å². The topological polar surface area (TPSA) is 80.9 Å². The Bertz CT molecular complexity index is 1170. The molecule has 4 rings (SSSR count). The van der Waals surface area contributed by atoms with Crippen LogP contribution in [0, 0.1) is 12.8 Å². The van der Waals surface area contributed by atoms with Gasteiger partial charge in [0.1, 0.15) is 5.69 Å². The highest BCUT2D eigenvalue weighted by Gasteiger charge is 2.20. The fraction of sp³-hybridized carbons (Fsp3) is 0.407. The highest BCUT2D eigenvalue weighted by atomic mass is 35.5. The van der Waals surface area contributed by atoms with E-state index < -0.39 is 0 Å². The molecule has 7 heteroatoms. The van der Waals surface area contributed by atoms with Crippen molar-refractivity contribution < 1.29 is 9.90 Å². The molecular weight excluding hydrogens is 448 g/mol. The smallest absolute Gasteiger partial charge is 0.184 e. The number of nitrogens with zero attached hydrogens (tertiary/aromatic N) is 4. The van der Waals surface area contributed by atoms with Crippen molar-refractivity contribution in [2.45, 2.75) is 65.0 Å². The quantitative estimate of drug-likeness (QED) is 0.337. The summed E-state index contributed by atoms with van der Waals surface area (Å²) in [6, 6.07) is 5.79. The molecule has 1 aliphatic carbocycles. The van der Waals surface area contributed by atoms with Gasteiger partial charge in [-0.1, -0.05) is 42.7 Å². The van der Waals surface area contributed by atoms with Gasteiger partial charge in [0.25, 0.3) is 0 Å². The van der Waals surface area contributed by atoms with Crippen LogP contribution in [0.2, 0.25) is 5.02 Å². The van der Waals surface area contributed by atoms with E-state index in [2.05, 4.69) is 15.1 Å². The van der Waals surface area contributed by atoms with E-state index in [-0.39, 0.29) is 24.2 Å². The first-order chi connectivity index (χ1) is 16.4. The molecule has 0 bridgehead atoms. The summed E-state index contributed by atoms with van der Waals surface area (Å²) in [5.74, 6) is 0.0905. The lowest BCUT2D eigenvalue weighted by Crippen LogP contribution is -2.22. The second-order valence-electron chi connectivity index (χ2n) is 8.95. The summed E-state index contributed by atoms with van der Waals surface area (Å²) in [4.78, 5) is 21.8. The molecule has 0 amide bonds. The number of allylic oxidation sites excluding steroid dienone is 1. The Morgan fingerprint density at radius 2 is 2.09 bits per heavy atom. The van der Waals surface area contributed by atoms with E-state index in [1.807, 2.05) is 61.4 Å². The first-order valence-electron chi connectivity index (χ1n) is 12.0. The number of ketones is 1. The van der Waals surface area contributed by atoms with Gasteiger partial charge in [-0.25, -0.2) is 4.98 Å². The molecule has 1 saturated carbocycles. The number of Topliss-reactive ketones (excluding diaryl/α,β-unsaturated/α-hetero) is 1. The molecule has 1 aliphatic rings. The summed E-state index contributed by atoms with van der Waals surface area (Å²) in [7, 11) is 0. The predicted octanol–water partition coefficient (Wildman–Crippen LogP) is 5.59. The number of carbonyl (C=O) groups excluding carboxylic acids is 1. The molecule has 1 N–H and O–H groups in total. The lowest BCUT2D eigenvalue weighted by atomic mass is 9.86. The lowest BCUT2D eigenvalue weighted by Gasteiger charge is -2.24. The number of aromatic nitrogens is 4. The first kappa shape index (κ1) is 24.3. The Morgan fingerprint density at radius 1 is 1.26 bits per heavy atom. The fourth-order valence-electron chi connectivity index (χ4n) is 4.40. The zero-order valence-electron chi connectivity index (χ0n) is 19.7. The number of pyridine rings is 2. The molecule has 0 unspecified atom stereocenters. The molecule has 34 heavy (non-hydrogen) atoms. The van der Waals surface area contributed by atoms with E-state index >= 15 is 0 Å². The normalized spacial score (nSPS) is 18.5. The summed E-state index contributed by atoms with van der Waals surface area (Å²) in [5.41, 5.74) is 4.77. The monoisotopic (exact) mass is 478 g/mol. The number of hydrogen-bond acceptors (Lipinski definition) is 5. The maximum atomic E-state index is 12.8. The van der Waals surface area contributed by atoms with E-state index in [4.69, 9.17) is 11.6 Å². The fourth-order valence-corrected chi connectivity index (χ4v) is 4.57. The van der Waals surface area contributed by atoms with Gasteiger partial charge in [0, 0.05) is 43.3 Å². The largest absolute Gasteiger partial charge is 0.393 e. The van der Waals surface area contributed by atoms with Crippen molar-refractivity contribution in [1.82, 2.24) is 19.7 Å². The van der Waals surface area contributed by atoms with Gasteiger partial charge in [0.05, 0.1) is 28.7 Å². The molecule has 6 nitrogen and oxygen atoms in total. The van der Waals surface area contributed by atoms with E-state index in [0.29, 0.717) is 22.8 Å². The number of hydrogen-bond donors (Lipinski definition) is 1. The third-order valence-electron chi connectivity index (χ3n) is 6.42. The summed E-state index contributed by atoms with van der Waals surface area (Å²) in [5, 5.41) is 15.0. The Kier molecular flexibility index (Phi) is 7.91. The molecule has 0 spiro atoms. The zero-order chi connectivity index (χ0) is 24.1. The van der Waals surface area contributed by atoms with Crippen LogP contribution in [0.5, 0.6) is 0 Å². The molecule has 0 radical (unpaired) electrons.